The van der Waals surface area contributed by atoms with Crippen molar-refractivity contribution < 1.29 is 38.8 Å². The van der Waals surface area contributed by atoms with Crippen molar-refractivity contribution in [2.45, 2.75) is 319 Å². The van der Waals surface area contributed by atoms with E-state index in [0.717, 1.165) is 89.9 Å². The van der Waals surface area contributed by atoms with E-state index >= 15 is 0 Å². The molecule has 1 aliphatic heterocycles. The van der Waals surface area contributed by atoms with Gasteiger partial charge in [0.1, 0.15) is 13.2 Å². The Morgan fingerprint density at radius 3 is 1.34 bits per heavy atom. The molecule has 0 amide bonds. The predicted molar refractivity (Wildman–Crippen MR) is 286 cm³/mol. The van der Waals surface area contributed by atoms with Gasteiger partial charge in [0, 0.05) is 35.7 Å². The van der Waals surface area contributed by atoms with E-state index in [0.29, 0.717) is 35.7 Å². The summed E-state index contributed by atoms with van der Waals surface area (Å²) in [5.41, 5.74) is 0. The molecule has 1 saturated heterocycles. The van der Waals surface area contributed by atoms with Gasteiger partial charge in [0.05, 0.1) is 12.2 Å². The number of carbonyl (C=O) groups excluding carboxylic acids is 3. The van der Waals surface area contributed by atoms with Gasteiger partial charge < -0.3 is 24.4 Å². The Hall–Kier alpha value is -1.58. The van der Waals surface area contributed by atoms with Crippen LogP contribution < -0.4 is 0 Å². The first-order valence-electron chi connectivity index (χ1n) is 29.5. The lowest BCUT2D eigenvalue weighted by atomic mass is 9.89. The minimum Gasteiger partial charge on any atom is -0.462 e. The molecule has 9 heteroatoms. The SMILES string of the molecule is CCCCCCCCCCCCCCCCCC(=O)OCC(COC(=O)CCCCCCCCCCCCCCCCC)OC(=O)CCCCC1C[C@@H]2[C@@H](/C=C/[C@@H](O)CCCCC)[C@H](O)C[C@H]2S1. The van der Waals surface area contributed by atoms with E-state index in [1.807, 2.05) is 17.8 Å². The largest absolute Gasteiger partial charge is 0.462 e. The zero-order valence-electron chi connectivity index (χ0n) is 44.6. The number of rotatable bonds is 48. The lowest BCUT2D eigenvalue weighted by Gasteiger charge is -2.19. The van der Waals surface area contributed by atoms with Gasteiger partial charge in [-0.3, -0.25) is 14.4 Å². The molecule has 0 spiro atoms. The molecule has 0 aromatic heterocycles. The van der Waals surface area contributed by atoms with Crippen LogP contribution in [0.5, 0.6) is 0 Å². The molecule has 1 unspecified atom stereocenters. The van der Waals surface area contributed by atoms with Crippen molar-refractivity contribution in [2.24, 2.45) is 11.8 Å². The van der Waals surface area contributed by atoms with Gasteiger partial charge in [-0.25, -0.2) is 0 Å². The number of hydrogen-bond donors (Lipinski definition) is 2. The summed E-state index contributed by atoms with van der Waals surface area (Å²) in [6, 6.07) is 0. The van der Waals surface area contributed by atoms with E-state index in [-0.39, 0.29) is 49.6 Å². The van der Waals surface area contributed by atoms with Crippen molar-refractivity contribution in [1.82, 2.24) is 0 Å². The van der Waals surface area contributed by atoms with Crippen molar-refractivity contribution in [3.8, 4) is 0 Å². The molecule has 2 aliphatic rings. The van der Waals surface area contributed by atoms with Gasteiger partial charge in [0.15, 0.2) is 6.10 Å². The summed E-state index contributed by atoms with van der Waals surface area (Å²) in [5, 5.41) is 22.1. The molecule has 2 fully saturated rings. The average molecular weight is 978 g/mol. The molecule has 2 rings (SSSR count). The number of carbonyl (C=O) groups is 3. The maximum Gasteiger partial charge on any atom is 0.306 e. The minimum atomic E-state index is -0.816. The normalized spacial score (nSPS) is 19.5. The maximum absolute atomic E-state index is 13.1. The zero-order chi connectivity index (χ0) is 49.1. The van der Waals surface area contributed by atoms with Crippen molar-refractivity contribution in [2.75, 3.05) is 13.2 Å². The van der Waals surface area contributed by atoms with Crippen LogP contribution in [0.1, 0.15) is 290 Å². The van der Waals surface area contributed by atoms with Crippen LogP contribution in [0.3, 0.4) is 0 Å². The van der Waals surface area contributed by atoms with Gasteiger partial charge in [0.25, 0.3) is 0 Å². The molecular weight excluding hydrogens is 869 g/mol. The fourth-order valence-electron chi connectivity index (χ4n) is 10.4. The molecule has 68 heavy (non-hydrogen) atoms. The van der Waals surface area contributed by atoms with Crippen LogP contribution in [0, 0.1) is 11.8 Å². The number of unbranched alkanes of at least 4 members (excludes halogenated alkanes) is 31. The molecule has 8 nitrogen and oxygen atoms in total. The highest BCUT2D eigenvalue weighted by molar-refractivity contribution is 8.00. The number of ether oxygens (including phenoxy) is 3. The van der Waals surface area contributed by atoms with E-state index in [2.05, 4.69) is 26.8 Å². The van der Waals surface area contributed by atoms with E-state index in [1.165, 1.54) is 154 Å². The second-order valence-corrected chi connectivity index (χ2v) is 22.7. The Bertz CT molecular complexity index is 1180. The molecule has 1 aliphatic carbocycles. The Kier molecular flexibility index (Phi) is 40.6. The summed E-state index contributed by atoms with van der Waals surface area (Å²) >= 11 is 1.99. The highest BCUT2D eigenvalue weighted by Crippen LogP contribution is 2.52. The smallest absolute Gasteiger partial charge is 0.306 e. The molecule has 0 aromatic rings. The van der Waals surface area contributed by atoms with Crippen molar-refractivity contribution >= 4 is 29.7 Å². The molecule has 2 N–H and O–H groups in total. The first-order chi connectivity index (χ1) is 33.3. The minimum absolute atomic E-state index is 0.0987. The summed E-state index contributed by atoms with van der Waals surface area (Å²) in [7, 11) is 0. The topological polar surface area (TPSA) is 119 Å². The van der Waals surface area contributed by atoms with Crippen molar-refractivity contribution in [3.63, 3.8) is 0 Å². The van der Waals surface area contributed by atoms with Crippen molar-refractivity contribution in [3.05, 3.63) is 12.2 Å². The monoisotopic (exact) mass is 977 g/mol. The molecule has 6 atom stereocenters. The first-order valence-corrected chi connectivity index (χ1v) is 30.4. The molecule has 1 saturated carbocycles. The van der Waals surface area contributed by atoms with Gasteiger partial charge in [-0.05, 0) is 50.9 Å². The van der Waals surface area contributed by atoms with E-state index in [4.69, 9.17) is 14.2 Å². The van der Waals surface area contributed by atoms with E-state index in [9.17, 15) is 24.6 Å². The van der Waals surface area contributed by atoms with Crippen LogP contribution in [-0.4, -0.2) is 70.1 Å². The number of thioether (sulfide) groups is 1. The second kappa shape index (κ2) is 44.1. The number of aliphatic hydroxyl groups excluding tert-OH is 2. The van der Waals surface area contributed by atoms with Gasteiger partial charge in [-0.1, -0.05) is 238 Å². The van der Waals surface area contributed by atoms with Crippen LogP contribution in [0.25, 0.3) is 0 Å². The first kappa shape index (κ1) is 62.5. The second-order valence-electron chi connectivity index (χ2n) is 21.1. The Morgan fingerprint density at radius 1 is 0.515 bits per heavy atom. The summed E-state index contributed by atoms with van der Waals surface area (Å²) < 4.78 is 17.0. The van der Waals surface area contributed by atoms with E-state index in [1.54, 1.807) is 0 Å². The average Bonchev–Trinajstić information content (AvgIpc) is 3.85. The third-order valence-corrected chi connectivity index (χ3v) is 16.4. The molecule has 0 aromatic carbocycles. The predicted octanol–water partition coefficient (Wildman–Crippen LogP) is 16.4. The fourth-order valence-corrected chi connectivity index (χ4v) is 12.3. The van der Waals surface area contributed by atoms with Crippen LogP contribution in [0.15, 0.2) is 12.2 Å². The van der Waals surface area contributed by atoms with Crippen LogP contribution >= 0.6 is 11.8 Å². The Labute approximate surface area is 423 Å². The molecule has 1 heterocycles. The lowest BCUT2D eigenvalue weighted by Crippen LogP contribution is -2.30. The Balaban J connectivity index is 1.67. The quantitative estimate of drug-likeness (QED) is 0.0266. The standard InChI is InChI=1S/C59H108O8S/c1-4-7-10-12-14-16-18-20-22-24-26-28-30-32-35-41-57(62)65-48-51(49-66-58(63)42-36-33-31-29-27-25-23-21-19-17-15-13-11-8-5-2)67-59(64)43-38-37-40-52-46-54-53(55(61)47-56(54)68-52)45-44-50(60)39-34-9-6-3/h44-45,50-56,60-61H,4-43,46-49H2,1-3H3/b45-44+/t50-,52?,53+,54+,55+,56+/m0/s1. The zero-order valence-corrected chi connectivity index (χ0v) is 45.4. The number of aliphatic hydroxyl groups is 2. The molecule has 398 valence electrons. The van der Waals surface area contributed by atoms with Gasteiger partial charge in [0.2, 0.25) is 0 Å². The van der Waals surface area contributed by atoms with E-state index < -0.39 is 12.2 Å². The third kappa shape index (κ3) is 33.9. The molecule has 0 bridgehead atoms. The lowest BCUT2D eigenvalue weighted by molar-refractivity contribution is -0.167. The fraction of sp³-hybridized carbons (Fsp3) is 0.915. The number of esters is 3. The summed E-state index contributed by atoms with van der Waals surface area (Å²) in [5.74, 6) is -0.418. The van der Waals surface area contributed by atoms with Crippen LogP contribution in [-0.2, 0) is 28.6 Å². The van der Waals surface area contributed by atoms with Crippen molar-refractivity contribution in [1.29, 1.82) is 0 Å². The summed E-state index contributed by atoms with van der Waals surface area (Å²) in [4.78, 5) is 38.5. The summed E-state index contributed by atoms with van der Waals surface area (Å²) in [6.45, 7) is 6.50. The van der Waals surface area contributed by atoms with Gasteiger partial charge in [-0.15, -0.1) is 0 Å². The number of fused-ring (bicyclic) bond motifs is 1. The third-order valence-electron chi connectivity index (χ3n) is 14.7. The molecule has 0 radical (unpaired) electrons. The molecular formula is C59H108O8S. The maximum atomic E-state index is 13.1. The van der Waals surface area contributed by atoms with Crippen LogP contribution in [0.4, 0.5) is 0 Å². The Morgan fingerprint density at radius 2 is 0.897 bits per heavy atom. The van der Waals surface area contributed by atoms with Gasteiger partial charge >= 0.3 is 17.9 Å². The van der Waals surface area contributed by atoms with Gasteiger partial charge in [-0.2, -0.15) is 11.8 Å². The van der Waals surface area contributed by atoms with Crippen LogP contribution in [0.2, 0.25) is 0 Å². The number of hydrogen-bond acceptors (Lipinski definition) is 9. The highest BCUT2D eigenvalue weighted by Gasteiger charge is 2.47. The summed E-state index contributed by atoms with van der Waals surface area (Å²) in [6.07, 6.45) is 49.9. The highest BCUT2D eigenvalue weighted by atomic mass is 32.2.